The summed E-state index contributed by atoms with van der Waals surface area (Å²) in [6, 6.07) is 1.72. The second-order valence-electron chi connectivity index (χ2n) is 7.47. The van der Waals surface area contributed by atoms with Crippen molar-refractivity contribution < 1.29 is 0 Å². The van der Waals surface area contributed by atoms with Gasteiger partial charge in [0, 0.05) is 44.0 Å². The van der Waals surface area contributed by atoms with E-state index in [-0.39, 0.29) is 11.1 Å². The van der Waals surface area contributed by atoms with Crippen LogP contribution < -0.4 is 11.1 Å². The van der Waals surface area contributed by atoms with Gasteiger partial charge in [-0.2, -0.15) is 0 Å². The number of nitrogens with zero attached hydrogens (tertiary/aromatic N) is 5. The Morgan fingerprint density at radius 2 is 1.81 bits per heavy atom. The summed E-state index contributed by atoms with van der Waals surface area (Å²) in [5.41, 5.74) is 0.998. The zero-order chi connectivity index (χ0) is 17.9. The van der Waals surface area contributed by atoms with Crippen molar-refractivity contribution in [1.82, 2.24) is 24.0 Å². The number of aromatic nitrogens is 4. The lowest BCUT2D eigenvalue weighted by molar-refractivity contribution is 0.167. The van der Waals surface area contributed by atoms with Crippen molar-refractivity contribution in [2.75, 3.05) is 19.6 Å². The van der Waals surface area contributed by atoms with Gasteiger partial charge in [0.05, 0.1) is 18.2 Å². The van der Waals surface area contributed by atoms with Crippen LogP contribution in [0.15, 0.2) is 40.6 Å². The molecule has 1 aliphatic carbocycles. The van der Waals surface area contributed by atoms with Gasteiger partial charge in [-0.25, -0.2) is 4.98 Å². The van der Waals surface area contributed by atoms with Gasteiger partial charge < -0.3 is 9.47 Å². The second kappa shape index (κ2) is 7.53. The molecule has 7 heteroatoms. The quantitative estimate of drug-likeness (QED) is 0.776. The standard InChI is InChI=1S/C19H25N5O2/c25-18-11-17(16-1-2-16)21-14-24(18)13-15-3-6-22(7-4-15)9-10-23-8-5-20-12-19(23)26/h5,8,11-12,14-16H,1-4,6-7,9-10,13H2. The molecule has 0 N–H and O–H groups in total. The predicted octanol–water partition coefficient (Wildman–Crippen LogP) is 1.09. The molecule has 0 radical (unpaired) electrons. The van der Waals surface area contributed by atoms with Gasteiger partial charge >= 0.3 is 0 Å². The molecule has 0 bridgehead atoms. The molecule has 7 nitrogen and oxygen atoms in total. The molecule has 0 atom stereocenters. The minimum Gasteiger partial charge on any atom is -0.311 e. The predicted molar refractivity (Wildman–Crippen MR) is 98.1 cm³/mol. The van der Waals surface area contributed by atoms with Crippen LogP contribution in [0.5, 0.6) is 0 Å². The molecule has 0 aromatic carbocycles. The van der Waals surface area contributed by atoms with Crippen molar-refractivity contribution in [2.45, 2.75) is 44.7 Å². The van der Waals surface area contributed by atoms with E-state index < -0.39 is 0 Å². The summed E-state index contributed by atoms with van der Waals surface area (Å²) in [7, 11) is 0. The summed E-state index contributed by atoms with van der Waals surface area (Å²) in [6.45, 7) is 4.33. The van der Waals surface area contributed by atoms with E-state index in [0.717, 1.165) is 44.7 Å². The summed E-state index contributed by atoms with van der Waals surface area (Å²) in [4.78, 5) is 34.7. The first-order valence-corrected chi connectivity index (χ1v) is 9.48. The van der Waals surface area contributed by atoms with Crippen LogP contribution in [0.4, 0.5) is 0 Å². The highest BCUT2D eigenvalue weighted by Crippen LogP contribution is 2.38. The van der Waals surface area contributed by atoms with Crippen LogP contribution in [0.3, 0.4) is 0 Å². The summed E-state index contributed by atoms with van der Waals surface area (Å²) in [5, 5.41) is 0. The van der Waals surface area contributed by atoms with Gasteiger partial charge in [-0.15, -0.1) is 0 Å². The molecule has 26 heavy (non-hydrogen) atoms. The Kier molecular flexibility index (Phi) is 4.97. The number of rotatable bonds is 6. The van der Waals surface area contributed by atoms with Crippen LogP contribution in [-0.4, -0.2) is 43.6 Å². The minimum absolute atomic E-state index is 0.0519. The van der Waals surface area contributed by atoms with E-state index in [2.05, 4.69) is 14.9 Å². The molecule has 3 heterocycles. The summed E-state index contributed by atoms with van der Waals surface area (Å²) in [5.74, 6) is 1.04. The van der Waals surface area contributed by atoms with Gasteiger partial charge in [0.2, 0.25) is 0 Å². The van der Waals surface area contributed by atoms with E-state index in [0.29, 0.717) is 18.4 Å². The molecular weight excluding hydrogens is 330 g/mol. The van der Waals surface area contributed by atoms with Gasteiger partial charge in [0.15, 0.2) is 0 Å². The van der Waals surface area contributed by atoms with Crippen LogP contribution in [0.25, 0.3) is 0 Å². The van der Waals surface area contributed by atoms with Crippen molar-refractivity contribution in [3.05, 3.63) is 57.4 Å². The lowest BCUT2D eigenvalue weighted by Crippen LogP contribution is -2.38. The maximum Gasteiger partial charge on any atom is 0.269 e. The topological polar surface area (TPSA) is 73.0 Å². The Balaban J connectivity index is 1.26. The zero-order valence-electron chi connectivity index (χ0n) is 15.0. The smallest absolute Gasteiger partial charge is 0.269 e. The fourth-order valence-corrected chi connectivity index (χ4v) is 3.66. The molecule has 1 aliphatic heterocycles. The third kappa shape index (κ3) is 4.09. The third-order valence-corrected chi connectivity index (χ3v) is 5.52. The molecule has 2 fully saturated rings. The van der Waals surface area contributed by atoms with E-state index in [1.807, 2.05) is 0 Å². The van der Waals surface area contributed by atoms with Gasteiger partial charge in [-0.3, -0.25) is 19.1 Å². The van der Waals surface area contributed by atoms with Gasteiger partial charge in [0.25, 0.3) is 11.1 Å². The lowest BCUT2D eigenvalue weighted by Gasteiger charge is -2.32. The molecule has 0 amide bonds. The maximum absolute atomic E-state index is 12.3. The van der Waals surface area contributed by atoms with E-state index in [9.17, 15) is 9.59 Å². The Morgan fingerprint density at radius 1 is 1.00 bits per heavy atom. The Bertz CT molecular complexity index is 862. The lowest BCUT2D eigenvalue weighted by atomic mass is 9.96. The summed E-state index contributed by atoms with van der Waals surface area (Å²) in [6.07, 6.45) is 10.9. The molecule has 0 unspecified atom stereocenters. The van der Waals surface area contributed by atoms with E-state index in [1.54, 1.807) is 33.9 Å². The number of hydrogen-bond donors (Lipinski definition) is 0. The Labute approximate surface area is 152 Å². The number of hydrogen-bond acceptors (Lipinski definition) is 5. The van der Waals surface area contributed by atoms with E-state index in [1.165, 1.54) is 19.0 Å². The van der Waals surface area contributed by atoms with Crippen LogP contribution in [0.1, 0.15) is 37.3 Å². The number of piperidine rings is 1. The van der Waals surface area contributed by atoms with Crippen molar-refractivity contribution in [1.29, 1.82) is 0 Å². The first kappa shape index (κ1) is 17.1. The van der Waals surface area contributed by atoms with Gasteiger partial charge in [0.1, 0.15) is 0 Å². The van der Waals surface area contributed by atoms with Crippen LogP contribution in [0.2, 0.25) is 0 Å². The molecule has 2 aromatic heterocycles. The zero-order valence-corrected chi connectivity index (χ0v) is 15.0. The summed E-state index contributed by atoms with van der Waals surface area (Å²) >= 11 is 0. The molecule has 1 saturated carbocycles. The van der Waals surface area contributed by atoms with Crippen molar-refractivity contribution in [2.24, 2.45) is 5.92 Å². The largest absolute Gasteiger partial charge is 0.311 e. The van der Waals surface area contributed by atoms with E-state index >= 15 is 0 Å². The molecule has 2 aromatic rings. The van der Waals surface area contributed by atoms with Gasteiger partial charge in [-0.1, -0.05) is 0 Å². The molecule has 0 spiro atoms. The highest BCUT2D eigenvalue weighted by Gasteiger charge is 2.26. The average molecular weight is 355 g/mol. The third-order valence-electron chi connectivity index (χ3n) is 5.52. The molecular formula is C19H25N5O2. The van der Waals surface area contributed by atoms with Crippen molar-refractivity contribution in [3.8, 4) is 0 Å². The molecule has 1 saturated heterocycles. The first-order valence-electron chi connectivity index (χ1n) is 9.48. The highest BCUT2D eigenvalue weighted by atomic mass is 16.1. The highest BCUT2D eigenvalue weighted by molar-refractivity contribution is 5.12. The van der Waals surface area contributed by atoms with Crippen LogP contribution in [0, 0.1) is 5.92 Å². The number of likely N-dealkylation sites (tertiary alicyclic amines) is 1. The fraction of sp³-hybridized carbons (Fsp3) is 0.579. The molecule has 4 rings (SSSR count). The van der Waals surface area contributed by atoms with Crippen LogP contribution in [-0.2, 0) is 13.1 Å². The Hall–Kier alpha value is -2.28. The SMILES string of the molecule is O=c1cnccn1CCN1CCC(Cn2cnc(C3CC3)cc2=O)CC1. The first-order chi connectivity index (χ1) is 12.7. The van der Waals surface area contributed by atoms with Gasteiger partial charge in [-0.05, 0) is 44.7 Å². The average Bonchev–Trinajstić information content (AvgIpc) is 3.49. The fourth-order valence-electron chi connectivity index (χ4n) is 3.66. The normalized spacial score (nSPS) is 18.9. The minimum atomic E-state index is -0.0519. The van der Waals surface area contributed by atoms with Crippen molar-refractivity contribution >= 4 is 0 Å². The Morgan fingerprint density at radius 3 is 2.50 bits per heavy atom. The second-order valence-corrected chi connectivity index (χ2v) is 7.47. The monoisotopic (exact) mass is 355 g/mol. The molecule has 138 valence electrons. The maximum atomic E-state index is 12.3. The van der Waals surface area contributed by atoms with E-state index in [4.69, 9.17) is 0 Å². The van der Waals surface area contributed by atoms with Crippen LogP contribution >= 0.6 is 0 Å². The molecule has 2 aliphatic rings. The summed E-state index contributed by atoms with van der Waals surface area (Å²) < 4.78 is 3.47. The van der Waals surface area contributed by atoms with Crippen molar-refractivity contribution in [3.63, 3.8) is 0 Å².